The van der Waals surface area contributed by atoms with E-state index in [-0.39, 0.29) is 18.4 Å². The molecule has 0 aromatic carbocycles. The zero-order valence-corrected chi connectivity index (χ0v) is 14.9. The third kappa shape index (κ3) is 3.44. The lowest BCUT2D eigenvalue weighted by Crippen LogP contribution is -2.29. The van der Waals surface area contributed by atoms with Gasteiger partial charge in [-0.05, 0) is 18.6 Å². The van der Waals surface area contributed by atoms with Crippen LogP contribution in [0.4, 0.5) is 5.82 Å². The number of carbonyl (C=O) groups is 1. The summed E-state index contributed by atoms with van der Waals surface area (Å²) in [6, 6.07) is 3.67. The van der Waals surface area contributed by atoms with E-state index in [1.54, 1.807) is 6.20 Å². The van der Waals surface area contributed by atoms with E-state index in [1.165, 1.54) is 0 Å². The summed E-state index contributed by atoms with van der Waals surface area (Å²) in [6.45, 7) is 5.04. The van der Waals surface area contributed by atoms with Crippen molar-refractivity contribution in [2.75, 3.05) is 12.3 Å². The Balaban J connectivity index is 1.96. The molecular formula is C17H23N7O2. The largest absolute Gasteiger partial charge is 0.382 e. The fraction of sp³-hybridized carbons (Fsp3) is 0.412. The molecule has 0 atom stereocenters. The van der Waals surface area contributed by atoms with Crippen molar-refractivity contribution in [1.82, 2.24) is 24.8 Å². The number of rotatable bonds is 7. The summed E-state index contributed by atoms with van der Waals surface area (Å²) in [4.78, 5) is 29.8. The zero-order valence-electron chi connectivity index (χ0n) is 14.9. The Kier molecular flexibility index (Phi) is 5.29. The lowest BCUT2D eigenvalue weighted by Gasteiger charge is -2.11. The predicted octanol–water partition coefficient (Wildman–Crippen LogP) is 1.11. The maximum atomic E-state index is 11.7. The molecule has 3 rings (SSSR count). The van der Waals surface area contributed by atoms with Crippen LogP contribution in [0.3, 0.4) is 0 Å². The van der Waals surface area contributed by atoms with Crippen molar-refractivity contribution in [3.8, 4) is 0 Å². The normalized spacial score (nSPS) is 11.5. The average Bonchev–Trinajstić information content (AvgIpc) is 2.98. The smallest absolute Gasteiger partial charge is 0.222 e. The summed E-state index contributed by atoms with van der Waals surface area (Å²) in [5.74, 6) is 6.23. The first-order valence-corrected chi connectivity index (χ1v) is 8.51. The van der Waals surface area contributed by atoms with Gasteiger partial charge in [-0.3, -0.25) is 14.6 Å². The summed E-state index contributed by atoms with van der Waals surface area (Å²) >= 11 is 0. The standard InChI is InChI=1S/C17H23N7O2/c1-10(2)17(25)21-7-4-8-24-12(9-26-19)23-14-15(24)13-11(22-16(14)18)5-3-6-20-13/h3,5-6,10H,4,7-9,19H2,1-2H3,(H2,18,22)(H,21,25). The highest BCUT2D eigenvalue weighted by Gasteiger charge is 2.18. The molecule has 0 aliphatic heterocycles. The van der Waals surface area contributed by atoms with Gasteiger partial charge < -0.3 is 15.6 Å². The molecule has 26 heavy (non-hydrogen) atoms. The second-order valence-corrected chi connectivity index (χ2v) is 6.36. The highest BCUT2D eigenvalue weighted by molar-refractivity contribution is 6.04. The van der Waals surface area contributed by atoms with Crippen molar-refractivity contribution in [2.45, 2.75) is 33.4 Å². The number of nitrogens with two attached hydrogens (primary N) is 2. The molecule has 0 saturated carbocycles. The van der Waals surface area contributed by atoms with Crippen LogP contribution in [0.15, 0.2) is 18.3 Å². The van der Waals surface area contributed by atoms with Gasteiger partial charge in [0.25, 0.3) is 0 Å². The molecule has 1 amide bonds. The number of hydrogen-bond donors (Lipinski definition) is 3. The molecule has 0 spiro atoms. The first kappa shape index (κ1) is 18.0. The van der Waals surface area contributed by atoms with Crippen LogP contribution >= 0.6 is 0 Å². The van der Waals surface area contributed by atoms with E-state index < -0.39 is 0 Å². The molecule has 9 heteroatoms. The molecular weight excluding hydrogens is 334 g/mol. The Bertz CT molecular complexity index is 936. The number of anilines is 1. The highest BCUT2D eigenvalue weighted by atomic mass is 16.6. The Labute approximate surface area is 150 Å². The Hall–Kier alpha value is -2.78. The Morgan fingerprint density at radius 3 is 2.88 bits per heavy atom. The number of hydrogen-bond acceptors (Lipinski definition) is 7. The van der Waals surface area contributed by atoms with Crippen LogP contribution in [0, 0.1) is 5.92 Å². The maximum absolute atomic E-state index is 11.7. The number of aryl methyl sites for hydroxylation is 1. The van der Waals surface area contributed by atoms with Gasteiger partial charge in [-0.1, -0.05) is 13.8 Å². The van der Waals surface area contributed by atoms with Crippen LogP contribution in [0.1, 0.15) is 26.1 Å². The summed E-state index contributed by atoms with van der Waals surface area (Å²) in [6.07, 6.45) is 2.43. The van der Waals surface area contributed by atoms with Gasteiger partial charge in [-0.15, -0.1) is 0 Å². The fourth-order valence-corrected chi connectivity index (χ4v) is 2.85. The van der Waals surface area contributed by atoms with Crippen LogP contribution in [-0.2, 0) is 22.8 Å². The molecule has 3 aromatic rings. The van der Waals surface area contributed by atoms with E-state index in [0.29, 0.717) is 35.8 Å². The van der Waals surface area contributed by atoms with Gasteiger partial charge in [0.05, 0.1) is 5.52 Å². The second-order valence-electron chi connectivity index (χ2n) is 6.36. The quantitative estimate of drug-likeness (QED) is 0.426. The zero-order chi connectivity index (χ0) is 18.7. The van der Waals surface area contributed by atoms with E-state index in [0.717, 1.165) is 17.5 Å². The Morgan fingerprint density at radius 1 is 1.35 bits per heavy atom. The van der Waals surface area contributed by atoms with Crippen LogP contribution in [0.5, 0.6) is 0 Å². The predicted molar refractivity (Wildman–Crippen MR) is 98.7 cm³/mol. The van der Waals surface area contributed by atoms with E-state index in [4.69, 9.17) is 16.5 Å². The minimum absolute atomic E-state index is 0.0339. The molecule has 138 valence electrons. The van der Waals surface area contributed by atoms with Crippen LogP contribution in [0.25, 0.3) is 22.1 Å². The number of nitrogen functional groups attached to an aromatic ring is 1. The molecule has 0 bridgehead atoms. The molecule has 0 aliphatic rings. The highest BCUT2D eigenvalue weighted by Crippen LogP contribution is 2.27. The number of fused-ring (bicyclic) bond motifs is 3. The van der Waals surface area contributed by atoms with Gasteiger partial charge in [0.15, 0.2) is 5.82 Å². The molecule has 0 aliphatic carbocycles. The van der Waals surface area contributed by atoms with Gasteiger partial charge in [0, 0.05) is 25.2 Å². The SMILES string of the molecule is CC(C)C(=O)NCCCn1c(CON)nc2c(N)nc3cccnc3c21. The Morgan fingerprint density at radius 2 is 2.15 bits per heavy atom. The maximum Gasteiger partial charge on any atom is 0.222 e. The van der Waals surface area contributed by atoms with Crippen molar-refractivity contribution in [1.29, 1.82) is 0 Å². The van der Waals surface area contributed by atoms with Gasteiger partial charge >= 0.3 is 0 Å². The minimum Gasteiger partial charge on any atom is -0.382 e. The third-order valence-corrected chi connectivity index (χ3v) is 4.14. The van der Waals surface area contributed by atoms with E-state index in [1.807, 2.05) is 30.5 Å². The van der Waals surface area contributed by atoms with Crippen LogP contribution in [-0.4, -0.2) is 32.0 Å². The first-order chi connectivity index (χ1) is 12.5. The number of aromatic nitrogens is 4. The van der Waals surface area contributed by atoms with Crippen LogP contribution in [0.2, 0.25) is 0 Å². The minimum atomic E-state index is -0.0377. The van der Waals surface area contributed by atoms with Crippen molar-refractivity contribution in [3.05, 3.63) is 24.2 Å². The monoisotopic (exact) mass is 357 g/mol. The van der Waals surface area contributed by atoms with Gasteiger partial charge in [0.1, 0.15) is 29.0 Å². The molecule has 0 radical (unpaired) electrons. The molecule has 9 nitrogen and oxygen atoms in total. The van der Waals surface area contributed by atoms with Crippen LogP contribution < -0.4 is 16.9 Å². The van der Waals surface area contributed by atoms with E-state index in [2.05, 4.69) is 20.3 Å². The molecule has 0 unspecified atom stereocenters. The van der Waals surface area contributed by atoms with Gasteiger partial charge in [-0.2, -0.15) is 0 Å². The lowest BCUT2D eigenvalue weighted by atomic mass is 10.2. The number of pyridine rings is 2. The number of nitrogens with one attached hydrogen (secondary N) is 1. The van der Waals surface area contributed by atoms with E-state index >= 15 is 0 Å². The topological polar surface area (TPSA) is 134 Å². The van der Waals surface area contributed by atoms with Crippen molar-refractivity contribution in [3.63, 3.8) is 0 Å². The van der Waals surface area contributed by atoms with Gasteiger partial charge in [-0.25, -0.2) is 15.9 Å². The summed E-state index contributed by atoms with van der Waals surface area (Å²) in [5.41, 5.74) is 8.89. The summed E-state index contributed by atoms with van der Waals surface area (Å²) < 4.78 is 1.98. The lowest BCUT2D eigenvalue weighted by molar-refractivity contribution is -0.123. The molecule has 5 N–H and O–H groups in total. The first-order valence-electron chi connectivity index (χ1n) is 8.51. The van der Waals surface area contributed by atoms with Crippen molar-refractivity contribution in [2.24, 2.45) is 11.8 Å². The fourth-order valence-electron chi connectivity index (χ4n) is 2.85. The number of nitrogens with zero attached hydrogens (tertiary/aromatic N) is 4. The van der Waals surface area contributed by atoms with E-state index in [9.17, 15) is 4.79 Å². The third-order valence-electron chi connectivity index (χ3n) is 4.14. The molecule has 0 saturated heterocycles. The number of imidazole rings is 1. The second kappa shape index (κ2) is 7.63. The van der Waals surface area contributed by atoms with Crippen molar-refractivity contribution >= 4 is 33.8 Å². The summed E-state index contributed by atoms with van der Waals surface area (Å²) in [5, 5.41) is 2.91. The summed E-state index contributed by atoms with van der Waals surface area (Å²) in [7, 11) is 0. The van der Waals surface area contributed by atoms with Crippen molar-refractivity contribution < 1.29 is 9.63 Å². The molecule has 3 heterocycles. The molecule has 0 fully saturated rings. The van der Waals surface area contributed by atoms with Gasteiger partial charge in [0.2, 0.25) is 5.91 Å². The number of carbonyl (C=O) groups excluding carboxylic acids is 1. The number of amides is 1. The molecule has 3 aromatic heterocycles. The average molecular weight is 357 g/mol.